The molecule has 0 bridgehead atoms. The van der Waals surface area contributed by atoms with E-state index in [1.807, 2.05) is 0 Å². The lowest BCUT2D eigenvalue weighted by Gasteiger charge is -2.33. The molecular weight excluding hydrogens is 358 g/mol. The highest BCUT2D eigenvalue weighted by molar-refractivity contribution is 7.99. The van der Waals surface area contributed by atoms with Crippen LogP contribution in [0.15, 0.2) is 5.16 Å². The van der Waals surface area contributed by atoms with Crippen LogP contribution in [0.25, 0.3) is 0 Å². The number of aromatic nitrogens is 3. The third-order valence-electron chi connectivity index (χ3n) is 6.03. The first-order chi connectivity index (χ1) is 13.1. The summed E-state index contributed by atoms with van der Waals surface area (Å²) >= 11 is 1.75. The van der Waals surface area contributed by atoms with Crippen molar-refractivity contribution in [3.63, 3.8) is 0 Å². The van der Waals surface area contributed by atoms with Gasteiger partial charge < -0.3 is 9.88 Å². The molecule has 1 aliphatic carbocycles. The second kappa shape index (κ2) is 9.92. The van der Waals surface area contributed by atoms with Gasteiger partial charge >= 0.3 is 0 Å². The topological polar surface area (TPSA) is 63.1 Å². The van der Waals surface area contributed by atoms with Crippen molar-refractivity contribution in [2.24, 2.45) is 5.92 Å². The number of hydrogen-bond donors (Lipinski definition) is 1. The maximum Gasteiger partial charge on any atom is 0.234 e. The Kier molecular flexibility index (Phi) is 7.58. The van der Waals surface area contributed by atoms with E-state index < -0.39 is 0 Å². The fourth-order valence-corrected chi connectivity index (χ4v) is 5.27. The first kappa shape index (κ1) is 20.6. The van der Waals surface area contributed by atoms with E-state index in [2.05, 4.69) is 45.8 Å². The minimum Gasteiger partial charge on any atom is -0.352 e. The molecule has 2 aliphatic rings. The van der Waals surface area contributed by atoms with Crippen molar-refractivity contribution in [2.75, 3.05) is 25.4 Å². The highest BCUT2D eigenvalue weighted by atomic mass is 32.2. The molecule has 0 unspecified atom stereocenters. The number of nitrogens with one attached hydrogen (secondary N) is 1. The molecule has 27 heavy (non-hydrogen) atoms. The van der Waals surface area contributed by atoms with Gasteiger partial charge in [0.15, 0.2) is 5.16 Å². The van der Waals surface area contributed by atoms with Gasteiger partial charge in [-0.15, -0.1) is 10.2 Å². The summed E-state index contributed by atoms with van der Waals surface area (Å²) in [5.41, 5.74) is 0. The summed E-state index contributed by atoms with van der Waals surface area (Å²) in [5, 5.41) is 13.2. The third-order valence-corrected chi connectivity index (χ3v) is 6.88. The highest BCUT2D eigenvalue weighted by Crippen LogP contribution is 2.28. The van der Waals surface area contributed by atoms with E-state index in [0.29, 0.717) is 24.4 Å². The second-order valence-electron chi connectivity index (χ2n) is 8.03. The lowest BCUT2D eigenvalue weighted by atomic mass is 9.86. The fraction of sp³-hybridized carbons (Fsp3) is 0.850. The molecule has 3 rings (SSSR count). The van der Waals surface area contributed by atoms with Crippen LogP contribution in [0.4, 0.5) is 0 Å². The molecule has 1 saturated carbocycles. The molecule has 1 aliphatic heterocycles. The van der Waals surface area contributed by atoms with E-state index in [1.54, 1.807) is 11.8 Å². The van der Waals surface area contributed by atoms with Crippen molar-refractivity contribution in [1.29, 1.82) is 0 Å². The van der Waals surface area contributed by atoms with Crippen LogP contribution in [0, 0.1) is 5.92 Å². The molecule has 1 aromatic heterocycles. The Balaban J connectivity index is 1.57. The molecule has 7 heteroatoms. The lowest BCUT2D eigenvalue weighted by molar-refractivity contribution is -0.123. The summed E-state index contributed by atoms with van der Waals surface area (Å²) in [4.78, 5) is 14.9. The number of likely N-dealkylation sites (tertiary alicyclic amines) is 1. The average Bonchev–Trinajstić information content (AvgIpc) is 3.07. The monoisotopic (exact) mass is 393 g/mol. The molecule has 1 aromatic rings. The average molecular weight is 394 g/mol. The molecule has 1 saturated heterocycles. The van der Waals surface area contributed by atoms with E-state index in [0.717, 1.165) is 55.6 Å². The Morgan fingerprint density at radius 3 is 2.74 bits per heavy atom. The van der Waals surface area contributed by atoms with Gasteiger partial charge in [-0.05, 0) is 50.8 Å². The zero-order valence-corrected chi connectivity index (χ0v) is 17.9. The number of thioether (sulfide) groups is 1. The van der Waals surface area contributed by atoms with Crippen molar-refractivity contribution in [1.82, 2.24) is 25.0 Å². The Bertz CT molecular complexity index is 620. The largest absolute Gasteiger partial charge is 0.352 e. The lowest BCUT2D eigenvalue weighted by Crippen LogP contribution is -2.47. The Labute approximate surface area is 167 Å². The van der Waals surface area contributed by atoms with Crippen LogP contribution in [0.5, 0.6) is 0 Å². The maximum absolute atomic E-state index is 12.6. The summed E-state index contributed by atoms with van der Waals surface area (Å²) in [6.45, 7) is 9.89. The van der Waals surface area contributed by atoms with Gasteiger partial charge in [-0.1, -0.05) is 38.5 Å². The van der Waals surface area contributed by atoms with Gasteiger partial charge in [0.05, 0.1) is 6.54 Å². The summed E-state index contributed by atoms with van der Waals surface area (Å²) in [5.74, 6) is 3.27. The predicted molar refractivity (Wildman–Crippen MR) is 110 cm³/mol. The van der Waals surface area contributed by atoms with Gasteiger partial charge in [0, 0.05) is 25.0 Å². The molecule has 0 radical (unpaired) electrons. The normalized spacial score (nSPS) is 26.9. The van der Waals surface area contributed by atoms with Gasteiger partial charge in [0.2, 0.25) is 5.91 Å². The van der Waals surface area contributed by atoms with Crippen LogP contribution < -0.4 is 5.32 Å². The van der Waals surface area contributed by atoms with Crippen LogP contribution in [0.3, 0.4) is 0 Å². The number of carbonyl (C=O) groups excluding carboxylic acids is 1. The highest BCUT2D eigenvalue weighted by Gasteiger charge is 2.29. The van der Waals surface area contributed by atoms with Crippen molar-refractivity contribution < 1.29 is 4.79 Å². The summed E-state index contributed by atoms with van der Waals surface area (Å²) in [7, 11) is 0. The van der Waals surface area contributed by atoms with E-state index in [4.69, 9.17) is 0 Å². The number of nitrogens with zero attached hydrogens (tertiary/aromatic N) is 4. The zero-order valence-electron chi connectivity index (χ0n) is 17.1. The van der Waals surface area contributed by atoms with Crippen molar-refractivity contribution in [3.8, 4) is 0 Å². The van der Waals surface area contributed by atoms with Crippen LogP contribution in [-0.4, -0.2) is 57.0 Å². The molecule has 1 N–H and O–H groups in total. The summed E-state index contributed by atoms with van der Waals surface area (Å²) < 4.78 is 2.26. The maximum atomic E-state index is 12.6. The minimum absolute atomic E-state index is 0.189. The first-order valence-electron chi connectivity index (χ1n) is 10.7. The molecule has 0 aromatic carbocycles. The van der Waals surface area contributed by atoms with E-state index >= 15 is 0 Å². The molecular formula is C20H35N5OS. The Morgan fingerprint density at radius 2 is 2.00 bits per heavy atom. The standard InChI is InChI=1S/C20H35N5OS/c1-4-25-19(22-23-20(25)27-5-2)16-10-8-12-24(13-16)14-18(26)21-17-11-7-6-9-15(17)3/h15-17H,4-14H2,1-3H3,(H,21,26)/t15-,16-,17+/m0/s1. The van der Waals surface area contributed by atoms with Crippen LogP contribution in [0.2, 0.25) is 0 Å². The first-order valence-corrected chi connectivity index (χ1v) is 11.7. The number of rotatable bonds is 7. The van der Waals surface area contributed by atoms with Crippen molar-refractivity contribution in [2.45, 2.75) is 83.0 Å². The third kappa shape index (κ3) is 5.25. The SMILES string of the molecule is CCSc1nnc([C@H]2CCCN(CC(=O)N[C@@H]3CCCC[C@@H]3C)C2)n1CC. The molecule has 3 atom stereocenters. The van der Waals surface area contributed by atoms with Crippen LogP contribution in [0.1, 0.15) is 71.0 Å². The smallest absolute Gasteiger partial charge is 0.234 e. The van der Waals surface area contributed by atoms with Gasteiger partial charge in [0.1, 0.15) is 5.82 Å². The van der Waals surface area contributed by atoms with E-state index in [1.165, 1.54) is 19.3 Å². The fourth-order valence-electron chi connectivity index (χ4n) is 4.53. The number of amides is 1. The van der Waals surface area contributed by atoms with Crippen LogP contribution >= 0.6 is 11.8 Å². The molecule has 2 fully saturated rings. The minimum atomic E-state index is 0.189. The molecule has 2 heterocycles. The predicted octanol–water partition coefficient (Wildman–Crippen LogP) is 3.28. The van der Waals surface area contributed by atoms with Gasteiger partial charge in [-0.2, -0.15) is 0 Å². The van der Waals surface area contributed by atoms with Gasteiger partial charge in [-0.25, -0.2) is 0 Å². The second-order valence-corrected chi connectivity index (χ2v) is 9.26. The molecule has 1 amide bonds. The zero-order chi connectivity index (χ0) is 19.2. The summed E-state index contributed by atoms with van der Waals surface area (Å²) in [6.07, 6.45) is 7.16. The quantitative estimate of drug-likeness (QED) is 0.720. The van der Waals surface area contributed by atoms with Crippen molar-refractivity contribution >= 4 is 17.7 Å². The van der Waals surface area contributed by atoms with E-state index in [9.17, 15) is 4.79 Å². The molecule has 6 nitrogen and oxygen atoms in total. The Morgan fingerprint density at radius 1 is 1.19 bits per heavy atom. The molecule has 152 valence electrons. The van der Waals surface area contributed by atoms with E-state index in [-0.39, 0.29) is 5.91 Å². The van der Waals surface area contributed by atoms with Gasteiger partial charge in [0.25, 0.3) is 0 Å². The number of hydrogen-bond acceptors (Lipinski definition) is 5. The number of piperidine rings is 1. The Hall–Kier alpha value is -1.08. The summed E-state index contributed by atoms with van der Waals surface area (Å²) in [6, 6.07) is 0.364. The number of carbonyl (C=O) groups is 1. The molecule has 0 spiro atoms. The van der Waals surface area contributed by atoms with Gasteiger partial charge in [-0.3, -0.25) is 9.69 Å². The van der Waals surface area contributed by atoms with Crippen LogP contribution in [-0.2, 0) is 11.3 Å². The van der Waals surface area contributed by atoms with Crippen molar-refractivity contribution in [3.05, 3.63) is 5.82 Å².